The lowest BCUT2D eigenvalue weighted by molar-refractivity contribution is 0.0952. The molecule has 0 radical (unpaired) electrons. The van der Waals surface area contributed by atoms with Crippen LogP contribution in [-0.2, 0) is 6.54 Å². The Morgan fingerprint density at radius 3 is 2.53 bits per heavy atom. The van der Waals surface area contributed by atoms with E-state index in [1.54, 1.807) is 23.1 Å². The molecule has 0 fully saturated rings. The van der Waals surface area contributed by atoms with Gasteiger partial charge in [0.2, 0.25) is 0 Å². The fraction of sp³-hybridized carbons (Fsp3) is 0.125. The van der Waals surface area contributed by atoms with Crippen LogP contribution in [0.2, 0.25) is 0 Å². The monoisotopic (exact) mass is 395 g/mol. The molecule has 0 spiro atoms. The van der Waals surface area contributed by atoms with Crippen molar-refractivity contribution < 1.29 is 4.79 Å². The smallest absolute Gasteiger partial charge is 0.251 e. The van der Waals surface area contributed by atoms with Crippen molar-refractivity contribution in [2.45, 2.75) is 13.0 Å². The number of hydrogen-bond acceptors (Lipinski definition) is 3. The summed E-state index contributed by atoms with van der Waals surface area (Å²) in [5.41, 5.74) is 3.06. The third-order valence-corrected chi connectivity index (χ3v) is 4.53. The maximum Gasteiger partial charge on any atom is 0.251 e. The van der Waals surface area contributed by atoms with Crippen LogP contribution in [0.1, 0.15) is 27.9 Å². The molecule has 148 valence electrons. The molecule has 4 aromatic rings. The van der Waals surface area contributed by atoms with E-state index in [0.717, 1.165) is 29.8 Å². The van der Waals surface area contributed by atoms with E-state index in [9.17, 15) is 4.79 Å². The summed E-state index contributed by atoms with van der Waals surface area (Å²) >= 11 is 0. The number of aryl methyl sites for hydroxylation is 1. The molecule has 0 bridgehead atoms. The van der Waals surface area contributed by atoms with E-state index in [1.807, 2.05) is 71.7 Å². The number of rotatable bonds is 6. The molecule has 0 saturated carbocycles. The highest BCUT2D eigenvalue weighted by molar-refractivity contribution is 5.95. The fourth-order valence-corrected chi connectivity index (χ4v) is 3.03. The number of nitrogens with one attached hydrogen (secondary N) is 1. The predicted octanol–water partition coefficient (Wildman–Crippen LogP) is 3.29. The van der Waals surface area contributed by atoms with Gasteiger partial charge in [0.1, 0.15) is 0 Å². The second kappa shape index (κ2) is 9.39. The van der Waals surface area contributed by atoms with Gasteiger partial charge in [0.15, 0.2) is 0 Å². The van der Waals surface area contributed by atoms with E-state index in [2.05, 4.69) is 27.4 Å². The van der Waals surface area contributed by atoms with Crippen molar-refractivity contribution in [3.63, 3.8) is 0 Å². The van der Waals surface area contributed by atoms with Gasteiger partial charge in [-0.2, -0.15) is 10.2 Å². The second-order valence-corrected chi connectivity index (χ2v) is 6.68. The van der Waals surface area contributed by atoms with E-state index in [4.69, 9.17) is 0 Å². The minimum absolute atomic E-state index is 0.120. The topological polar surface area (TPSA) is 64.7 Å². The largest absolute Gasteiger partial charge is 0.352 e. The number of benzene rings is 2. The van der Waals surface area contributed by atoms with E-state index in [-0.39, 0.29) is 5.91 Å². The van der Waals surface area contributed by atoms with Crippen LogP contribution in [0, 0.1) is 11.8 Å². The lowest BCUT2D eigenvalue weighted by Crippen LogP contribution is -2.25. The highest BCUT2D eigenvalue weighted by atomic mass is 16.1. The summed E-state index contributed by atoms with van der Waals surface area (Å²) in [6.07, 6.45) is 8.04. The molecule has 0 unspecified atom stereocenters. The van der Waals surface area contributed by atoms with Crippen LogP contribution in [0.15, 0.2) is 85.5 Å². The molecule has 0 atom stereocenters. The van der Waals surface area contributed by atoms with Crippen molar-refractivity contribution in [2.24, 2.45) is 0 Å². The van der Waals surface area contributed by atoms with E-state index in [1.165, 1.54) is 0 Å². The Balaban J connectivity index is 1.51. The van der Waals surface area contributed by atoms with Gasteiger partial charge in [0.05, 0.1) is 11.3 Å². The molecule has 2 heterocycles. The van der Waals surface area contributed by atoms with Crippen molar-refractivity contribution in [3.8, 4) is 17.5 Å². The average molecular weight is 395 g/mol. The summed E-state index contributed by atoms with van der Waals surface area (Å²) < 4.78 is 3.60. The summed E-state index contributed by atoms with van der Waals surface area (Å²) in [6.45, 7) is 1.34. The first-order valence-corrected chi connectivity index (χ1v) is 9.76. The predicted molar refractivity (Wildman–Crippen MR) is 115 cm³/mol. The Morgan fingerprint density at radius 1 is 0.933 bits per heavy atom. The van der Waals surface area contributed by atoms with Crippen molar-refractivity contribution in [2.75, 3.05) is 6.54 Å². The van der Waals surface area contributed by atoms with Crippen LogP contribution >= 0.6 is 0 Å². The lowest BCUT2D eigenvalue weighted by atomic mass is 10.1. The molecule has 0 saturated heterocycles. The standard InChI is InChI=1S/C24H21N5O/c30-24(25-13-4-16-28-17-5-14-26-28)22-11-12-23(29-18-6-15-27-29)21(19-22)10-9-20-7-2-1-3-8-20/h1-3,5-8,11-12,14-15,17-19H,4,13,16H2,(H,25,30). The van der Waals surface area contributed by atoms with Gasteiger partial charge in [-0.3, -0.25) is 9.48 Å². The van der Waals surface area contributed by atoms with E-state index >= 15 is 0 Å². The molecular weight excluding hydrogens is 374 g/mol. The zero-order valence-corrected chi connectivity index (χ0v) is 16.4. The molecule has 4 rings (SSSR count). The second-order valence-electron chi connectivity index (χ2n) is 6.68. The van der Waals surface area contributed by atoms with Gasteiger partial charge in [0.25, 0.3) is 5.91 Å². The first-order valence-electron chi connectivity index (χ1n) is 9.76. The number of hydrogen-bond donors (Lipinski definition) is 1. The van der Waals surface area contributed by atoms with Gasteiger partial charge in [0, 0.05) is 49.0 Å². The van der Waals surface area contributed by atoms with Gasteiger partial charge in [-0.25, -0.2) is 4.68 Å². The van der Waals surface area contributed by atoms with Crippen LogP contribution in [0.3, 0.4) is 0 Å². The van der Waals surface area contributed by atoms with Crippen molar-refractivity contribution in [1.29, 1.82) is 0 Å². The van der Waals surface area contributed by atoms with Gasteiger partial charge in [-0.15, -0.1) is 0 Å². The summed E-state index contributed by atoms with van der Waals surface area (Å²) in [6, 6.07) is 19.0. The SMILES string of the molecule is O=C(NCCCn1cccn1)c1ccc(-n2cccn2)c(C#Cc2ccccc2)c1. The Bertz CT molecular complexity index is 1150. The number of carbonyl (C=O) groups excluding carboxylic acids is 1. The summed E-state index contributed by atoms with van der Waals surface area (Å²) in [5, 5.41) is 11.4. The minimum atomic E-state index is -0.120. The molecule has 6 heteroatoms. The Labute approximate surface area is 175 Å². The van der Waals surface area contributed by atoms with Gasteiger partial charge < -0.3 is 5.32 Å². The van der Waals surface area contributed by atoms with Crippen molar-refractivity contribution in [3.05, 3.63) is 102 Å². The highest BCUT2D eigenvalue weighted by Gasteiger charge is 2.10. The molecule has 2 aromatic heterocycles. The molecule has 1 amide bonds. The Kier molecular flexibility index (Phi) is 6.02. The maximum atomic E-state index is 12.6. The first-order chi connectivity index (χ1) is 14.8. The zero-order chi connectivity index (χ0) is 20.6. The quantitative estimate of drug-likeness (QED) is 0.402. The maximum absolute atomic E-state index is 12.6. The summed E-state index contributed by atoms with van der Waals surface area (Å²) in [4.78, 5) is 12.6. The zero-order valence-electron chi connectivity index (χ0n) is 16.4. The van der Waals surface area contributed by atoms with Crippen molar-refractivity contribution >= 4 is 5.91 Å². The molecule has 1 N–H and O–H groups in total. The minimum Gasteiger partial charge on any atom is -0.352 e. The Hall–Kier alpha value is -4.11. The fourth-order valence-electron chi connectivity index (χ4n) is 3.03. The molecule has 6 nitrogen and oxygen atoms in total. The molecule has 30 heavy (non-hydrogen) atoms. The third-order valence-electron chi connectivity index (χ3n) is 4.53. The molecule has 2 aromatic carbocycles. The van der Waals surface area contributed by atoms with E-state index < -0.39 is 0 Å². The van der Waals surface area contributed by atoms with Gasteiger partial charge in [-0.1, -0.05) is 30.0 Å². The molecule has 0 aliphatic rings. The van der Waals surface area contributed by atoms with E-state index in [0.29, 0.717) is 12.1 Å². The number of amides is 1. The van der Waals surface area contributed by atoms with Crippen LogP contribution in [0.4, 0.5) is 0 Å². The first kappa shape index (κ1) is 19.2. The normalized spacial score (nSPS) is 10.3. The summed E-state index contributed by atoms with van der Waals surface area (Å²) in [5.74, 6) is 6.24. The Morgan fingerprint density at radius 2 is 1.77 bits per heavy atom. The van der Waals surface area contributed by atoms with Gasteiger partial charge >= 0.3 is 0 Å². The molecular formula is C24H21N5O. The molecule has 0 aliphatic carbocycles. The van der Waals surface area contributed by atoms with Crippen LogP contribution in [0.5, 0.6) is 0 Å². The average Bonchev–Trinajstić information content (AvgIpc) is 3.50. The number of nitrogens with zero attached hydrogens (tertiary/aromatic N) is 4. The van der Waals surface area contributed by atoms with Crippen LogP contribution in [0.25, 0.3) is 5.69 Å². The molecule has 0 aliphatic heterocycles. The third kappa shape index (κ3) is 4.83. The van der Waals surface area contributed by atoms with Crippen LogP contribution < -0.4 is 5.32 Å². The summed E-state index contributed by atoms with van der Waals surface area (Å²) in [7, 11) is 0. The van der Waals surface area contributed by atoms with Gasteiger partial charge in [-0.05, 0) is 48.9 Å². The van der Waals surface area contributed by atoms with Crippen molar-refractivity contribution in [1.82, 2.24) is 24.9 Å². The highest BCUT2D eigenvalue weighted by Crippen LogP contribution is 2.16. The number of aromatic nitrogens is 4. The number of carbonyl (C=O) groups is 1. The lowest BCUT2D eigenvalue weighted by Gasteiger charge is -2.09. The van der Waals surface area contributed by atoms with Crippen LogP contribution in [-0.4, -0.2) is 32.0 Å².